The Labute approximate surface area is 175 Å². The van der Waals surface area contributed by atoms with Crippen molar-refractivity contribution in [1.82, 2.24) is 4.98 Å². The van der Waals surface area contributed by atoms with E-state index in [0.29, 0.717) is 27.7 Å². The zero-order chi connectivity index (χ0) is 21.3. The lowest BCUT2D eigenvalue weighted by Crippen LogP contribution is -2.12. The highest BCUT2D eigenvalue weighted by Crippen LogP contribution is 2.29. The van der Waals surface area contributed by atoms with Crippen molar-refractivity contribution in [3.63, 3.8) is 0 Å². The van der Waals surface area contributed by atoms with Gasteiger partial charge in [-0.15, -0.1) is 0 Å². The van der Waals surface area contributed by atoms with E-state index in [4.69, 9.17) is 20.8 Å². The van der Waals surface area contributed by atoms with Crippen molar-refractivity contribution in [3.05, 3.63) is 81.4 Å². The lowest BCUT2D eigenvalue weighted by atomic mass is 10.1. The third-order valence-corrected chi connectivity index (χ3v) is 4.61. The fourth-order valence-electron chi connectivity index (χ4n) is 2.90. The number of oxazole rings is 1. The second-order valence-corrected chi connectivity index (χ2v) is 6.74. The largest absolute Gasteiger partial charge is 0.490 e. The van der Waals surface area contributed by atoms with Crippen molar-refractivity contribution < 1.29 is 18.9 Å². The summed E-state index contributed by atoms with van der Waals surface area (Å²) in [5, 5.41) is 14.4. The molecule has 150 valence electrons. The zero-order valence-corrected chi connectivity index (χ0v) is 16.3. The lowest BCUT2D eigenvalue weighted by molar-refractivity contribution is -0.385. The summed E-state index contributed by atoms with van der Waals surface area (Å²) in [5.74, 6) is 0.0291. The van der Waals surface area contributed by atoms with Crippen molar-refractivity contribution in [3.8, 4) is 17.2 Å². The van der Waals surface area contributed by atoms with Crippen LogP contribution in [0.4, 0.5) is 11.4 Å². The first kappa shape index (κ1) is 19.4. The maximum absolute atomic E-state index is 12.5. The van der Waals surface area contributed by atoms with Crippen LogP contribution in [0.25, 0.3) is 22.6 Å². The van der Waals surface area contributed by atoms with Crippen molar-refractivity contribution in [2.45, 2.75) is 0 Å². The Bertz CT molecular complexity index is 1270. The molecule has 0 fully saturated rings. The number of nitro groups is 1. The van der Waals surface area contributed by atoms with Gasteiger partial charge in [0.15, 0.2) is 11.3 Å². The van der Waals surface area contributed by atoms with Crippen molar-refractivity contribution in [1.29, 1.82) is 0 Å². The highest BCUT2D eigenvalue weighted by atomic mass is 35.5. The topological polar surface area (TPSA) is 108 Å². The zero-order valence-electron chi connectivity index (χ0n) is 15.6. The third kappa shape index (κ3) is 3.81. The van der Waals surface area contributed by atoms with Crippen LogP contribution in [0, 0.1) is 10.1 Å². The van der Waals surface area contributed by atoms with Crippen molar-refractivity contribution in [2.24, 2.45) is 0 Å². The molecule has 0 aliphatic carbocycles. The van der Waals surface area contributed by atoms with Gasteiger partial charge in [0.05, 0.1) is 12.0 Å². The minimum Gasteiger partial charge on any atom is -0.490 e. The van der Waals surface area contributed by atoms with Crippen LogP contribution in [-0.2, 0) is 0 Å². The molecule has 30 heavy (non-hydrogen) atoms. The molecule has 0 aliphatic rings. The van der Waals surface area contributed by atoms with Crippen LogP contribution in [0.1, 0.15) is 10.4 Å². The van der Waals surface area contributed by atoms with E-state index in [1.807, 2.05) is 0 Å². The Hall–Kier alpha value is -3.91. The summed E-state index contributed by atoms with van der Waals surface area (Å²) in [4.78, 5) is 27.4. The third-order valence-electron chi connectivity index (χ3n) is 4.38. The first-order chi connectivity index (χ1) is 14.4. The lowest BCUT2D eigenvalue weighted by Gasteiger charge is -2.07. The van der Waals surface area contributed by atoms with Crippen molar-refractivity contribution in [2.75, 3.05) is 12.4 Å². The number of carbonyl (C=O) groups excluding carboxylic acids is 1. The molecule has 0 spiro atoms. The van der Waals surface area contributed by atoms with Crippen LogP contribution < -0.4 is 10.1 Å². The molecule has 0 unspecified atom stereocenters. The molecule has 1 N–H and O–H groups in total. The van der Waals surface area contributed by atoms with E-state index < -0.39 is 10.8 Å². The normalized spacial score (nSPS) is 10.7. The molecular weight excluding hydrogens is 410 g/mol. The average Bonchev–Trinajstić information content (AvgIpc) is 3.16. The van der Waals surface area contributed by atoms with Crippen LogP contribution in [0.2, 0.25) is 5.02 Å². The molecule has 1 aromatic heterocycles. The summed E-state index contributed by atoms with van der Waals surface area (Å²) in [5.41, 5.74) is 2.37. The van der Waals surface area contributed by atoms with Gasteiger partial charge in [-0.3, -0.25) is 14.9 Å². The summed E-state index contributed by atoms with van der Waals surface area (Å²) < 4.78 is 10.7. The second-order valence-electron chi connectivity index (χ2n) is 6.31. The molecule has 1 heterocycles. The van der Waals surface area contributed by atoms with Gasteiger partial charge in [-0.1, -0.05) is 11.6 Å². The Morgan fingerprint density at radius 1 is 1.13 bits per heavy atom. The van der Waals surface area contributed by atoms with E-state index in [9.17, 15) is 14.9 Å². The van der Waals surface area contributed by atoms with Crippen LogP contribution in [0.3, 0.4) is 0 Å². The van der Waals surface area contributed by atoms with E-state index in [0.717, 1.165) is 5.56 Å². The van der Waals surface area contributed by atoms with Crippen LogP contribution in [0.15, 0.2) is 65.1 Å². The molecular formula is C21H14ClN3O5. The monoisotopic (exact) mass is 423 g/mol. The van der Waals surface area contributed by atoms with Gasteiger partial charge in [0.2, 0.25) is 5.89 Å². The summed E-state index contributed by atoms with van der Waals surface area (Å²) in [7, 11) is 1.33. The number of nitro benzene ring substituents is 1. The van der Waals surface area contributed by atoms with Crippen LogP contribution in [-0.4, -0.2) is 22.9 Å². The highest BCUT2D eigenvalue weighted by molar-refractivity contribution is 6.31. The second kappa shape index (κ2) is 7.84. The number of anilines is 1. The number of hydrogen-bond donors (Lipinski definition) is 1. The maximum Gasteiger partial charge on any atom is 0.311 e. The summed E-state index contributed by atoms with van der Waals surface area (Å²) in [6.45, 7) is 0. The molecule has 0 radical (unpaired) electrons. The average molecular weight is 424 g/mol. The number of nitrogens with zero attached hydrogens (tertiary/aromatic N) is 2. The van der Waals surface area contributed by atoms with Gasteiger partial charge in [-0.2, -0.15) is 0 Å². The maximum atomic E-state index is 12.5. The minimum absolute atomic E-state index is 0.0838. The van der Waals surface area contributed by atoms with Crippen LogP contribution >= 0.6 is 11.6 Å². The predicted molar refractivity (Wildman–Crippen MR) is 112 cm³/mol. The van der Waals surface area contributed by atoms with Gasteiger partial charge in [0.1, 0.15) is 5.52 Å². The van der Waals surface area contributed by atoms with Gasteiger partial charge in [-0.05, 0) is 54.6 Å². The van der Waals surface area contributed by atoms with Gasteiger partial charge in [0.25, 0.3) is 5.91 Å². The number of fused-ring (bicyclic) bond motifs is 1. The number of ether oxygens (including phenoxy) is 1. The van der Waals surface area contributed by atoms with E-state index in [1.54, 1.807) is 42.5 Å². The molecule has 0 aliphatic heterocycles. The van der Waals surface area contributed by atoms with E-state index >= 15 is 0 Å². The number of nitrogens with one attached hydrogen (secondary N) is 1. The predicted octanol–water partition coefficient (Wildman–Crippen LogP) is 5.32. The van der Waals surface area contributed by atoms with Gasteiger partial charge >= 0.3 is 5.69 Å². The number of benzene rings is 3. The number of aromatic nitrogens is 1. The molecule has 0 bridgehead atoms. The van der Waals surface area contributed by atoms with Gasteiger partial charge in [-0.25, -0.2) is 4.98 Å². The number of carbonyl (C=O) groups is 1. The number of rotatable bonds is 5. The summed E-state index contributed by atoms with van der Waals surface area (Å²) in [6.07, 6.45) is 0. The first-order valence-electron chi connectivity index (χ1n) is 8.75. The first-order valence-corrected chi connectivity index (χ1v) is 9.13. The molecule has 8 nitrogen and oxygen atoms in total. The number of halogens is 1. The molecule has 0 saturated heterocycles. The Morgan fingerprint density at radius 3 is 2.60 bits per heavy atom. The summed E-state index contributed by atoms with van der Waals surface area (Å²) in [6, 6.07) is 16.1. The van der Waals surface area contributed by atoms with Gasteiger partial charge in [0, 0.05) is 27.9 Å². The van der Waals surface area contributed by atoms with E-state index in [-0.39, 0.29) is 17.0 Å². The smallest absolute Gasteiger partial charge is 0.311 e. The van der Waals surface area contributed by atoms with E-state index in [2.05, 4.69) is 10.3 Å². The number of methoxy groups -OCH3 is 1. The summed E-state index contributed by atoms with van der Waals surface area (Å²) >= 11 is 5.97. The molecule has 0 atom stereocenters. The molecule has 9 heteroatoms. The standard InChI is InChI=1S/C21H14ClN3O5/c1-29-19-8-4-13(10-17(19)25(27)28)20(26)23-15-6-2-12(3-7-15)21-24-16-11-14(22)5-9-18(16)30-21/h2-11H,1H3,(H,23,26). The van der Waals surface area contributed by atoms with Crippen molar-refractivity contribution >= 4 is 40.0 Å². The molecule has 1 amide bonds. The highest BCUT2D eigenvalue weighted by Gasteiger charge is 2.18. The number of hydrogen-bond acceptors (Lipinski definition) is 6. The quantitative estimate of drug-likeness (QED) is 0.344. The fraction of sp³-hybridized carbons (Fsp3) is 0.0476. The van der Waals surface area contributed by atoms with Gasteiger partial charge < -0.3 is 14.5 Å². The fourth-order valence-corrected chi connectivity index (χ4v) is 3.06. The minimum atomic E-state index is -0.599. The molecule has 3 aromatic carbocycles. The van der Waals surface area contributed by atoms with E-state index in [1.165, 1.54) is 25.3 Å². The van der Waals surface area contributed by atoms with Crippen LogP contribution in [0.5, 0.6) is 5.75 Å². The Balaban J connectivity index is 1.53. The number of amides is 1. The molecule has 4 aromatic rings. The molecule has 4 rings (SSSR count). The molecule has 0 saturated carbocycles. The SMILES string of the molecule is COc1ccc(C(=O)Nc2ccc(-c3nc4cc(Cl)ccc4o3)cc2)cc1[N+](=O)[O-]. The Kier molecular flexibility index (Phi) is 5.07. The Morgan fingerprint density at radius 2 is 1.90 bits per heavy atom.